The van der Waals surface area contributed by atoms with Crippen molar-refractivity contribution in [2.75, 3.05) is 30.9 Å². The molecular weight excluding hydrogens is 238 g/mol. The molecule has 88 valence electrons. The molecular formula is C8H15NO4S2. The summed E-state index contributed by atoms with van der Waals surface area (Å²) in [6.45, 7) is 1.87. The Morgan fingerprint density at radius 3 is 2.07 bits per heavy atom. The highest BCUT2D eigenvalue weighted by molar-refractivity contribution is 7.93. The first-order valence-electron chi connectivity index (χ1n) is 4.32. The third kappa shape index (κ3) is 5.77. The fourth-order valence-electron chi connectivity index (χ4n) is 0.894. The van der Waals surface area contributed by atoms with Crippen molar-refractivity contribution in [3.63, 3.8) is 0 Å². The van der Waals surface area contributed by atoms with E-state index >= 15 is 0 Å². The van der Waals surface area contributed by atoms with E-state index in [-0.39, 0.29) is 18.8 Å². The van der Waals surface area contributed by atoms with Gasteiger partial charge in [0.15, 0.2) is 0 Å². The second-order valence-corrected chi connectivity index (χ2v) is 7.42. The number of nitrogens with zero attached hydrogens (tertiary/aromatic N) is 1. The number of sulfonamides is 1. The van der Waals surface area contributed by atoms with E-state index in [2.05, 4.69) is 5.92 Å². The minimum atomic E-state index is -3.56. The zero-order chi connectivity index (χ0) is 12.1. The average molecular weight is 253 g/mol. The molecule has 5 nitrogen and oxygen atoms in total. The number of rotatable bonds is 6. The van der Waals surface area contributed by atoms with E-state index in [1.54, 1.807) is 6.92 Å². The van der Waals surface area contributed by atoms with Crippen LogP contribution in [0, 0.1) is 12.3 Å². The maximum absolute atomic E-state index is 11.6. The lowest BCUT2D eigenvalue weighted by atomic mass is 10.6. The quantitative estimate of drug-likeness (QED) is 0.588. The van der Waals surface area contributed by atoms with Gasteiger partial charge in [-0.1, -0.05) is 12.8 Å². The van der Waals surface area contributed by atoms with Gasteiger partial charge in [-0.3, -0.25) is 0 Å². The van der Waals surface area contributed by atoms with Crippen molar-refractivity contribution in [1.29, 1.82) is 0 Å². The number of hydrogen-bond donors (Lipinski definition) is 0. The van der Waals surface area contributed by atoms with Crippen molar-refractivity contribution in [3.05, 3.63) is 0 Å². The van der Waals surface area contributed by atoms with Crippen LogP contribution in [0.4, 0.5) is 0 Å². The molecule has 0 amide bonds. The fraction of sp³-hybridized carbons (Fsp3) is 0.750. The first-order chi connectivity index (χ1) is 6.73. The summed E-state index contributed by atoms with van der Waals surface area (Å²) in [6, 6.07) is 0. The molecule has 0 N–H and O–H groups in total. The molecule has 0 saturated heterocycles. The van der Waals surface area contributed by atoms with Crippen molar-refractivity contribution in [2.45, 2.75) is 6.92 Å². The van der Waals surface area contributed by atoms with Gasteiger partial charge in [-0.2, -0.15) is 4.31 Å². The predicted octanol–water partition coefficient (Wildman–Crippen LogP) is -0.684. The largest absolute Gasteiger partial charge is 0.229 e. The highest BCUT2D eigenvalue weighted by Crippen LogP contribution is 2.01. The molecule has 0 heterocycles. The van der Waals surface area contributed by atoms with Crippen LogP contribution in [0.3, 0.4) is 0 Å². The summed E-state index contributed by atoms with van der Waals surface area (Å²) in [7, 11) is -6.83. The van der Waals surface area contributed by atoms with Crippen molar-refractivity contribution in [2.24, 2.45) is 0 Å². The van der Waals surface area contributed by atoms with E-state index in [0.717, 1.165) is 10.6 Å². The summed E-state index contributed by atoms with van der Waals surface area (Å²) in [4.78, 5) is 0. The second kappa shape index (κ2) is 5.49. The van der Waals surface area contributed by atoms with Crippen molar-refractivity contribution < 1.29 is 16.8 Å². The van der Waals surface area contributed by atoms with Gasteiger partial charge in [0.25, 0.3) is 0 Å². The fourth-order valence-corrected chi connectivity index (χ4v) is 3.87. The van der Waals surface area contributed by atoms with Crippen LogP contribution in [-0.4, -0.2) is 52.0 Å². The Kier molecular flexibility index (Phi) is 5.28. The summed E-state index contributed by atoms with van der Waals surface area (Å²) in [5, 5.41) is 0. The van der Waals surface area contributed by atoms with Gasteiger partial charge in [0.1, 0.15) is 9.84 Å². The van der Waals surface area contributed by atoms with Crippen molar-refractivity contribution in [1.82, 2.24) is 4.31 Å². The Morgan fingerprint density at radius 1 is 1.20 bits per heavy atom. The number of terminal acetylenes is 1. The van der Waals surface area contributed by atoms with Crippen LogP contribution in [0.1, 0.15) is 6.92 Å². The Hall–Kier alpha value is -0.580. The molecule has 0 spiro atoms. The Labute approximate surface area is 91.4 Å². The van der Waals surface area contributed by atoms with Crippen LogP contribution < -0.4 is 0 Å². The van der Waals surface area contributed by atoms with Crippen LogP contribution in [-0.2, 0) is 19.9 Å². The van der Waals surface area contributed by atoms with Gasteiger partial charge in [-0.15, -0.1) is 6.42 Å². The van der Waals surface area contributed by atoms with E-state index in [1.807, 2.05) is 0 Å². The first kappa shape index (κ1) is 14.4. The van der Waals surface area contributed by atoms with Crippen molar-refractivity contribution >= 4 is 19.9 Å². The number of sulfone groups is 1. The molecule has 0 aromatic carbocycles. The minimum absolute atomic E-state index is 0.0252. The first-order valence-corrected chi connectivity index (χ1v) is 7.99. The maximum atomic E-state index is 11.6. The molecule has 0 aliphatic rings. The normalized spacial score (nSPS) is 12.7. The molecule has 0 radical (unpaired) electrons. The van der Waals surface area contributed by atoms with Gasteiger partial charge in [0.05, 0.1) is 18.1 Å². The molecule has 7 heteroatoms. The Morgan fingerprint density at radius 2 is 1.73 bits per heavy atom. The summed E-state index contributed by atoms with van der Waals surface area (Å²) >= 11 is 0. The van der Waals surface area contributed by atoms with Crippen LogP contribution >= 0.6 is 0 Å². The second-order valence-electron chi connectivity index (χ2n) is 3.08. The third-order valence-corrected chi connectivity index (χ3v) is 4.82. The highest BCUT2D eigenvalue weighted by atomic mass is 32.2. The van der Waals surface area contributed by atoms with Gasteiger partial charge in [0, 0.05) is 12.8 Å². The highest BCUT2D eigenvalue weighted by Gasteiger charge is 2.21. The summed E-state index contributed by atoms with van der Waals surface area (Å²) in [6.07, 6.45) is 6.01. The molecule has 0 unspecified atom stereocenters. The van der Waals surface area contributed by atoms with Crippen LogP contribution in [0.25, 0.3) is 0 Å². The van der Waals surface area contributed by atoms with Gasteiger partial charge in [0.2, 0.25) is 10.0 Å². The van der Waals surface area contributed by atoms with Gasteiger partial charge < -0.3 is 0 Å². The Balaban J connectivity index is 4.62. The van der Waals surface area contributed by atoms with Gasteiger partial charge in [-0.25, -0.2) is 16.8 Å². The van der Waals surface area contributed by atoms with Crippen molar-refractivity contribution in [3.8, 4) is 12.3 Å². The van der Waals surface area contributed by atoms with E-state index in [9.17, 15) is 16.8 Å². The molecule has 0 bridgehead atoms. The van der Waals surface area contributed by atoms with Crippen LogP contribution in [0.5, 0.6) is 0 Å². The molecule has 0 aliphatic heterocycles. The molecule has 15 heavy (non-hydrogen) atoms. The topological polar surface area (TPSA) is 71.5 Å². The monoisotopic (exact) mass is 253 g/mol. The van der Waals surface area contributed by atoms with Gasteiger partial charge >= 0.3 is 0 Å². The molecule has 0 aromatic rings. The summed E-state index contributed by atoms with van der Waals surface area (Å²) in [5.41, 5.74) is 0. The molecule has 0 saturated carbocycles. The smallest absolute Gasteiger partial charge is 0.215 e. The lowest BCUT2D eigenvalue weighted by Crippen LogP contribution is -2.35. The molecule has 0 aliphatic carbocycles. The lowest BCUT2D eigenvalue weighted by Gasteiger charge is -2.17. The van der Waals surface area contributed by atoms with E-state index in [1.165, 1.54) is 0 Å². The average Bonchev–Trinajstić information content (AvgIpc) is 2.10. The summed E-state index contributed by atoms with van der Waals surface area (Å²) < 4.78 is 45.9. The Bertz CT molecular complexity index is 430. The van der Waals surface area contributed by atoms with Crippen LogP contribution in [0.15, 0.2) is 0 Å². The molecule has 0 fully saturated rings. The summed E-state index contributed by atoms with van der Waals surface area (Å²) in [5.74, 6) is 1.43. The molecule has 0 atom stereocenters. The number of hydrogen-bond acceptors (Lipinski definition) is 4. The standard InChI is InChI=1S/C8H15NO4S2/c1-4-6-9(5-2)15(12,13)8-7-14(3,10)11/h1H,5-8H2,2-3H3. The van der Waals surface area contributed by atoms with E-state index in [4.69, 9.17) is 6.42 Å². The van der Waals surface area contributed by atoms with E-state index in [0.29, 0.717) is 0 Å². The van der Waals surface area contributed by atoms with Crippen LogP contribution in [0.2, 0.25) is 0 Å². The SMILES string of the molecule is C#CCN(CC)S(=O)(=O)CCS(C)(=O)=O. The third-order valence-electron chi connectivity index (χ3n) is 1.73. The lowest BCUT2D eigenvalue weighted by molar-refractivity contribution is 0.465. The minimum Gasteiger partial charge on any atom is -0.229 e. The zero-order valence-corrected chi connectivity index (χ0v) is 10.4. The zero-order valence-electron chi connectivity index (χ0n) is 8.80. The van der Waals surface area contributed by atoms with Gasteiger partial charge in [-0.05, 0) is 0 Å². The van der Waals surface area contributed by atoms with E-state index < -0.39 is 25.6 Å². The predicted molar refractivity (Wildman–Crippen MR) is 59.6 cm³/mol. The molecule has 0 rings (SSSR count). The molecule has 0 aromatic heterocycles. The maximum Gasteiger partial charge on any atom is 0.215 e.